The largest absolute Gasteiger partial charge is 0.339 e. The van der Waals surface area contributed by atoms with Gasteiger partial charge in [0.25, 0.3) is 5.69 Å². The number of thioether (sulfide) groups is 1. The molecule has 142 valence electrons. The summed E-state index contributed by atoms with van der Waals surface area (Å²) in [6, 6.07) is 22.3. The van der Waals surface area contributed by atoms with Crippen LogP contribution in [0.1, 0.15) is 5.82 Å². The van der Waals surface area contributed by atoms with Crippen molar-refractivity contribution < 1.29 is 4.92 Å². The Morgan fingerprint density at radius 1 is 0.897 bits per heavy atom. The maximum absolute atomic E-state index is 10.9. The van der Waals surface area contributed by atoms with Gasteiger partial charge in [0.1, 0.15) is 11.6 Å². The second-order valence-electron chi connectivity index (χ2n) is 6.46. The van der Waals surface area contributed by atoms with E-state index in [0.717, 1.165) is 43.9 Å². The number of nitro groups is 1. The van der Waals surface area contributed by atoms with Gasteiger partial charge < -0.3 is 15.6 Å². The van der Waals surface area contributed by atoms with Gasteiger partial charge >= 0.3 is 0 Å². The summed E-state index contributed by atoms with van der Waals surface area (Å²) in [5, 5.41) is 17.8. The highest BCUT2D eigenvalue weighted by Gasteiger charge is 2.22. The van der Waals surface area contributed by atoms with E-state index in [1.807, 2.05) is 48.5 Å². The molecular formula is C21H15N5O2S. The zero-order valence-corrected chi connectivity index (χ0v) is 15.9. The fourth-order valence-corrected chi connectivity index (χ4v) is 4.05. The van der Waals surface area contributed by atoms with Crippen molar-refractivity contribution in [3.8, 4) is 0 Å². The van der Waals surface area contributed by atoms with Gasteiger partial charge in [-0.3, -0.25) is 10.1 Å². The Labute approximate surface area is 170 Å². The maximum atomic E-state index is 10.9. The topological polar surface area (TPSA) is 95.9 Å². The average molecular weight is 401 g/mol. The molecule has 0 amide bonds. The summed E-state index contributed by atoms with van der Waals surface area (Å²) in [7, 11) is 0. The molecule has 2 heterocycles. The van der Waals surface area contributed by atoms with E-state index in [1.54, 1.807) is 12.1 Å². The number of fused-ring (bicyclic) bond motifs is 2. The van der Waals surface area contributed by atoms with Crippen molar-refractivity contribution in [3.63, 3.8) is 0 Å². The third-order valence-electron chi connectivity index (χ3n) is 4.55. The van der Waals surface area contributed by atoms with E-state index in [9.17, 15) is 10.1 Å². The highest BCUT2D eigenvalue weighted by molar-refractivity contribution is 8.08. The number of nitro benzene ring substituents is 1. The van der Waals surface area contributed by atoms with Crippen LogP contribution in [0.4, 0.5) is 17.1 Å². The molecule has 4 aromatic rings. The third kappa shape index (κ3) is 3.30. The van der Waals surface area contributed by atoms with Crippen LogP contribution in [0, 0.1) is 10.1 Å². The average Bonchev–Trinajstić information content (AvgIpc) is 3.36. The number of non-ortho nitro benzene ring substituents is 1. The van der Waals surface area contributed by atoms with E-state index in [-0.39, 0.29) is 5.69 Å². The minimum atomic E-state index is -0.399. The molecule has 3 aromatic carbocycles. The number of aromatic nitrogens is 2. The van der Waals surface area contributed by atoms with E-state index in [1.165, 1.54) is 23.9 Å². The quantitative estimate of drug-likeness (QED) is 0.240. The number of nitrogens with one attached hydrogen (secondary N) is 3. The van der Waals surface area contributed by atoms with Gasteiger partial charge in [0.15, 0.2) is 0 Å². The van der Waals surface area contributed by atoms with Gasteiger partial charge in [-0.2, -0.15) is 0 Å². The van der Waals surface area contributed by atoms with Gasteiger partial charge in [-0.1, -0.05) is 36.0 Å². The number of para-hydroxylation sites is 4. The smallest absolute Gasteiger partial charge is 0.269 e. The Bertz CT molecular complexity index is 1200. The SMILES string of the molecule is O=[N+]([O-])c1ccc(SC(=C2Nc3ccccc3N2)c2nc3ccccc3[nH]2)cc1. The lowest BCUT2D eigenvalue weighted by Crippen LogP contribution is -2.03. The third-order valence-corrected chi connectivity index (χ3v) is 5.65. The van der Waals surface area contributed by atoms with Gasteiger partial charge in [0, 0.05) is 17.0 Å². The molecule has 1 aliphatic rings. The first-order valence-corrected chi connectivity index (χ1v) is 9.74. The number of rotatable bonds is 4. The van der Waals surface area contributed by atoms with Gasteiger partial charge in [-0.05, 0) is 36.4 Å². The fourth-order valence-electron chi connectivity index (χ4n) is 3.15. The number of hydrogen-bond donors (Lipinski definition) is 3. The summed E-state index contributed by atoms with van der Waals surface area (Å²) in [5.41, 5.74) is 3.86. The van der Waals surface area contributed by atoms with Gasteiger partial charge in [-0.25, -0.2) is 4.98 Å². The number of imidazole rings is 1. The standard InChI is InChI=1S/C21H15N5O2S/c27-26(28)13-9-11-14(12-10-13)29-19(20-22-15-5-1-2-6-16(15)23-20)21-24-17-7-3-4-8-18(17)25-21/h1-12,22-23H,(H,24,25). The monoisotopic (exact) mass is 401 g/mol. The second kappa shape index (κ2) is 6.99. The first-order valence-electron chi connectivity index (χ1n) is 8.92. The van der Waals surface area contributed by atoms with Crippen LogP contribution in [0.3, 0.4) is 0 Å². The molecule has 0 fully saturated rings. The molecule has 1 aliphatic heterocycles. The zero-order chi connectivity index (χ0) is 19.8. The Balaban J connectivity index is 1.58. The minimum Gasteiger partial charge on any atom is -0.339 e. The van der Waals surface area contributed by atoms with Crippen molar-refractivity contribution in [2.45, 2.75) is 4.90 Å². The van der Waals surface area contributed by atoms with Crippen LogP contribution in [0.15, 0.2) is 83.5 Å². The highest BCUT2D eigenvalue weighted by Crippen LogP contribution is 2.41. The van der Waals surface area contributed by atoms with Crippen molar-refractivity contribution >= 4 is 44.8 Å². The summed E-state index contributed by atoms with van der Waals surface area (Å²) < 4.78 is 0. The summed E-state index contributed by atoms with van der Waals surface area (Å²) in [6.45, 7) is 0. The molecule has 0 atom stereocenters. The normalized spacial score (nSPS) is 12.3. The van der Waals surface area contributed by atoms with E-state index in [0.29, 0.717) is 0 Å². The van der Waals surface area contributed by atoms with Crippen LogP contribution in [-0.4, -0.2) is 14.9 Å². The fraction of sp³-hybridized carbons (Fsp3) is 0. The Kier molecular flexibility index (Phi) is 4.18. The molecule has 0 aliphatic carbocycles. The van der Waals surface area contributed by atoms with Crippen molar-refractivity contribution in [2.24, 2.45) is 0 Å². The van der Waals surface area contributed by atoms with E-state index >= 15 is 0 Å². The van der Waals surface area contributed by atoms with Gasteiger partial charge in [-0.15, -0.1) is 0 Å². The minimum absolute atomic E-state index is 0.0665. The highest BCUT2D eigenvalue weighted by atomic mass is 32.2. The molecule has 0 saturated carbocycles. The van der Waals surface area contributed by atoms with Crippen LogP contribution in [0.25, 0.3) is 15.9 Å². The van der Waals surface area contributed by atoms with Crippen LogP contribution in [0.5, 0.6) is 0 Å². The van der Waals surface area contributed by atoms with Crippen molar-refractivity contribution in [3.05, 3.63) is 94.6 Å². The van der Waals surface area contributed by atoms with Crippen LogP contribution in [-0.2, 0) is 0 Å². The summed E-state index contributed by atoms with van der Waals surface area (Å²) in [5.74, 6) is 1.53. The van der Waals surface area contributed by atoms with Crippen molar-refractivity contribution in [1.82, 2.24) is 9.97 Å². The first-order chi connectivity index (χ1) is 14.2. The molecule has 0 saturated heterocycles. The summed E-state index contributed by atoms with van der Waals surface area (Å²) in [4.78, 5) is 20.4. The number of H-pyrrole nitrogens is 1. The van der Waals surface area contributed by atoms with Gasteiger partial charge in [0.05, 0.1) is 32.2 Å². The number of hydrogen-bond acceptors (Lipinski definition) is 6. The lowest BCUT2D eigenvalue weighted by molar-refractivity contribution is -0.384. The number of benzene rings is 3. The first kappa shape index (κ1) is 17.3. The molecule has 29 heavy (non-hydrogen) atoms. The maximum Gasteiger partial charge on any atom is 0.269 e. The second-order valence-corrected chi connectivity index (χ2v) is 7.54. The molecule has 1 aromatic heterocycles. The molecule has 7 nitrogen and oxygen atoms in total. The van der Waals surface area contributed by atoms with Crippen molar-refractivity contribution in [2.75, 3.05) is 10.6 Å². The number of aromatic amines is 1. The Morgan fingerprint density at radius 3 is 2.21 bits per heavy atom. The van der Waals surface area contributed by atoms with Gasteiger partial charge in [0.2, 0.25) is 0 Å². The van der Waals surface area contributed by atoms with Crippen LogP contribution in [0.2, 0.25) is 0 Å². The summed E-state index contributed by atoms with van der Waals surface area (Å²) >= 11 is 1.48. The molecule has 0 spiro atoms. The predicted octanol–water partition coefficient (Wildman–Crippen LogP) is 5.43. The van der Waals surface area contributed by atoms with E-state index in [4.69, 9.17) is 4.98 Å². The molecule has 0 bridgehead atoms. The molecule has 5 rings (SSSR count). The van der Waals surface area contributed by atoms with Crippen LogP contribution >= 0.6 is 11.8 Å². The van der Waals surface area contributed by atoms with Crippen molar-refractivity contribution in [1.29, 1.82) is 0 Å². The lowest BCUT2D eigenvalue weighted by atomic mass is 10.3. The molecule has 8 heteroatoms. The Hall–Kier alpha value is -3.78. The molecular weight excluding hydrogens is 386 g/mol. The molecule has 3 N–H and O–H groups in total. The Morgan fingerprint density at radius 2 is 1.55 bits per heavy atom. The van der Waals surface area contributed by atoms with Crippen LogP contribution < -0.4 is 10.6 Å². The van der Waals surface area contributed by atoms with E-state index < -0.39 is 4.92 Å². The predicted molar refractivity (Wildman–Crippen MR) is 116 cm³/mol. The molecule has 0 unspecified atom stereocenters. The summed E-state index contributed by atoms with van der Waals surface area (Å²) in [6.07, 6.45) is 0. The number of anilines is 2. The number of nitrogens with zero attached hydrogens (tertiary/aromatic N) is 2. The molecule has 0 radical (unpaired) electrons. The van der Waals surface area contributed by atoms with E-state index in [2.05, 4.69) is 15.6 Å². The lowest BCUT2D eigenvalue weighted by Gasteiger charge is -2.10. The zero-order valence-electron chi connectivity index (χ0n) is 15.0.